The second kappa shape index (κ2) is 7.88. The molecule has 0 fully saturated rings. The van der Waals surface area contributed by atoms with Crippen molar-refractivity contribution in [2.24, 2.45) is 0 Å². The predicted octanol–water partition coefficient (Wildman–Crippen LogP) is 2.93. The fraction of sp³-hybridized carbons (Fsp3) is 0.562. The van der Waals surface area contributed by atoms with Gasteiger partial charge in [0.1, 0.15) is 5.82 Å². The van der Waals surface area contributed by atoms with Gasteiger partial charge in [-0.05, 0) is 31.5 Å². The summed E-state index contributed by atoms with van der Waals surface area (Å²) >= 11 is 0. The maximum atomic E-state index is 4.72. The zero-order valence-electron chi connectivity index (χ0n) is 13.2. The molecule has 114 valence electrons. The molecule has 0 aliphatic heterocycles. The molecule has 0 aromatic carbocycles. The van der Waals surface area contributed by atoms with Gasteiger partial charge in [-0.1, -0.05) is 20.8 Å². The topological polar surface area (TPSA) is 55.6 Å². The normalized spacial score (nSPS) is 12.8. The van der Waals surface area contributed by atoms with Crippen molar-refractivity contribution in [3.05, 3.63) is 42.2 Å². The van der Waals surface area contributed by atoms with Gasteiger partial charge < -0.3 is 5.32 Å². The Balaban J connectivity index is 2.11. The third kappa shape index (κ3) is 4.11. The van der Waals surface area contributed by atoms with Crippen LogP contribution in [-0.2, 0) is 6.42 Å². The largest absolute Gasteiger partial charge is 0.307 e. The van der Waals surface area contributed by atoms with Gasteiger partial charge in [0.15, 0.2) is 0 Å². The summed E-state index contributed by atoms with van der Waals surface area (Å²) in [6.45, 7) is 7.39. The second-order valence-corrected chi connectivity index (χ2v) is 5.18. The minimum Gasteiger partial charge on any atom is -0.307 e. The van der Waals surface area contributed by atoms with E-state index >= 15 is 0 Å². The fourth-order valence-corrected chi connectivity index (χ4v) is 2.55. The molecule has 0 bridgehead atoms. The molecule has 0 radical (unpaired) electrons. The smallest absolute Gasteiger partial charge is 0.145 e. The van der Waals surface area contributed by atoms with E-state index in [1.165, 1.54) is 0 Å². The minimum absolute atomic E-state index is 0.112. The molecule has 21 heavy (non-hydrogen) atoms. The number of hydrogen-bond donors (Lipinski definition) is 1. The average molecular weight is 287 g/mol. The first-order chi connectivity index (χ1) is 10.3. The van der Waals surface area contributed by atoms with Gasteiger partial charge in [-0.3, -0.25) is 4.68 Å². The molecule has 5 nitrogen and oxygen atoms in total. The molecule has 0 saturated heterocycles. The van der Waals surface area contributed by atoms with E-state index in [0.717, 1.165) is 37.3 Å². The number of aromatic nitrogens is 4. The summed E-state index contributed by atoms with van der Waals surface area (Å²) in [6.07, 6.45) is 8.68. The van der Waals surface area contributed by atoms with Gasteiger partial charge in [-0.25, -0.2) is 9.97 Å². The van der Waals surface area contributed by atoms with E-state index in [2.05, 4.69) is 53.0 Å². The molecule has 1 unspecified atom stereocenters. The Labute approximate surface area is 126 Å². The van der Waals surface area contributed by atoms with Crippen LogP contribution in [0.1, 0.15) is 57.2 Å². The standard InChI is InChI=1S/C16H25N5/c1-4-14(5-2)21-11-8-13(20-21)12-15(17-6-3)16-18-9-7-10-19-16/h7-11,14-15,17H,4-6,12H2,1-3H3. The molecule has 2 heterocycles. The van der Waals surface area contributed by atoms with Gasteiger partial charge in [-0.15, -0.1) is 0 Å². The average Bonchev–Trinajstić information content (AvgIpc) is 2.97. The molecule has 0 aliphatic carbocycles. The lowest BCUT2D eigenvalue weighted by Crippen LogP contribution is -2.25. The number of hydrogen-bond acceptors (Lipinski definition) is 4. The van der Waals surface area contributed by atoms with E-state index < -0.39 is 0 Å². The third-order valence-corrected chi connectivity index (χ3v) is 3.74. The Morgan fingerprint density at radius 2 is 1.86 bits per heavy atom. The third-order valence-electron chi connectivity index (χ3n) is 3.74. The summed E-state index contributed by atoms with van der Waals surface area (Å²) in [4.78, 5) is 8.72. The SMILES string of the molecule is CCNC(Cc1ccn(C(CC)CC)n1)c1ncccn1. The summed E-state index contributed by atoms with van der Waals surface area (Å²) in [7, 11) is 0. The summed E-state index contributed by atoms with van der Waals surface area (Å²) in [5.41, 5.74) is 1.08. The maximum absolute atomic E-state index is 4.72. The van der Waals surface area contributed by atoms with Crippen molar-refractivity contribution in [3.63, 3.8) is 0 Å². The molecule has 2 aromatic rings. The quantitative estimate of drug-likeness (QED) is 0.811. The van der Waals surface area contributed by atoms with Crippen molar-refractivity contribution in [2.45, 2.75) is 52.1 Å². The number of rotatable bonds is 8. The van der Waals surface area contributed by atoms with E-state index in [1.807, 2.05) is 6.07 Å². The molecule has 1 atom stereocenters. The van der Waals surface area contributed by atoms with E-state index in [9.17, 15) is 0 Å². The summed E-state index contributed by atoms with van der Waals surface area (Å²) in [5.74, 6) is 0.830. The van der Waals surface area contributed by atoms with Crippen LogP contribution in [0.3, 0.4) is 0 Å². The van der Waals surface area contributed by atoms with Crippen molar-refractivity contribution in [1.29, 1.82) is 0 Å². The first-order valence-electron chi connectivity index (χ1n) is 7.82. The highest BCUT2D eigenvalue weighted by molar-refractivity contribution is 5.07. The van der Waals surface area contributed by atoms with Gasteiger partial charge in [0.25, 0.3) is 0 Å². The van der Waals surface area contributed by atoms with Crippen molar-refractivity contribution in [1.82, 2.24) is 25.1 Å². The Kier molecular flexibility index (Phi) is 5.87. The van der Waals surface area contributed by atoms with Gasteiger partial charge in [0.2, 0.25) is 0 Å². The van der Waals surface area contributed by atoms with Crippen LogP contribution in [0.5, 0.6) is 0 Å². The van der Waals surface area contributed by atoms with Crippen LogP contribution < -0.4 is 5.32 Å². The summed E-state index contributed by atoms with van der Waals surface area (Å²) in [6, 6.07) is 4.55. The Hall–Kier alpha value is -1.75. The first kappa shape index (κ1) is 15.6. The van der Waals surface area contributed by atoms with Crippen LogP contribution in [-0.4, -0.2) is 26.3 Å². The number of nitrogens with zero attached hydrogens (tertiary/aromatic N) is 4. The second-order valence-electron chi connectivity index (χ2n) is 5.18. The van der Waals surface area contributed by atoms with Gasteiger partial charge >= 0.3 is 0 Å². The minimum atomic E-state index is 0.112. The van der Waals surface area contributed by atoms with E-state index in [0.29, 0.717) is 6.04 Å². The van der Waals surface area contributed by atoms with Gasteiger partial charge in [0.05, 0.1) is 17.8 Å². The summed E-state index contributed by atoms with van der Waals surface area (Å²) in [5, 5.41) is 8.16. The molecule has 0 saturated carbocycles. The molecule has 2 rings (SSSR count). The molecule has 0 amide bonds. The maximum Gasteiger partial charge on any atom is 0.145 e. The van der Waals surface area contributed by atoms with Crippen molar-refractivity contribution in [3.8, 4) is 0 Å². The fourth-order valence-electron chi connectivity index (χ4n) is 2.55. The highest BCUT2D eigenvalue weighted by atomic mass is 15.3. The van der Waals surface area contributed by atoms with E-state index in [-0.39, 0.29) is 6.04 Å². The lowest BCUT2D eigenvalue weighted by atomic mass is 10.1. The van der Waals surface area contributed by atoms with Crippen LogP contribution in [0.25, 0.3) is 0 Å². The first-order valence-corrected chi connectivity index (χ1v) is 7.82. The highest BCUT2D eigenvalue weighted by Gasteiger charge is 2.16. The number of nitrogens with one attached hydrogen (secondary N) is 1. The number of likely N-dealkylation sites (N-methyl/N-ethyl adjacent to an activating group) is 1. The summed E-state index contributed by atoms with van der Waals surface area (Å²) < 4.78 is 2.09. The van der Waals surface area contributed by atoms with E-state index in [1.54, 1.807) is 12.4 Å². The molecule has 1 N–H and O–H groups in total. The molecular weight excluding hydrogens is 262 g/mol. The van der Waals surface area contributed by atoms with Gasteiger partial charge in [-0.2, -0.15) is 5.10 Å². The zero-order chi connectivity index (χ0) is 15.1. The zero-order valence-corrected chi connectivity index (χ0v) is 13.2. The van der Waals surface area contributed by atoms with E-state index in [4.69, 9.17) is 5.10 Å². The predicted molar refractivity (Wildman–Crippen MR) is 84.0 cm³/mol. The highest BCUT2D eigenvalue weighted by Crippen LogP contribution is 2.17. The lowest BCUT2D eigenvalue weighted by molar-refractivity contribution is 0.421. The van der Waals surface area contributed by atoms with Crippen molar-refractivity contribution in [2.75, 3.05) is 6.54 Å². The monoisotopic (exact) mass is 287 g/mol. The Bertz CT molecular complexity index is 518. The van der Waals surface area contributed by atoms with Crippen LogP contribution >= 0.6 is 0 Å². The van der Waals surface area contributed by atoms with Crippen LogP contribution in [0, 0.1) is 0 Å². The van der Waals surface area contributed by atoms with Crippen LogP contribution in [0.4, 0.5) is 0 Å². The van der Waals surface area contributed by atoms with Crippen molar-refractivity contribution >= 4 is 0 Å². The molecule has 0 aliphatic rings. The van der Waals surface area contributed by atoms with Crippen LogP contribution in [0.15, 0.2) is 30.7 Å². The molecule has 0 spiro atoms. The van der Waals surface area contributed by atoms with Crippen molar-refractivity contribution < 1.29 is 0 Å². The Morgan fingerprint density at radius 1 is 1.14 bits per heavy atom. The van der Waals surface area contributed by atoms with Gasteiger partial charge in [0, 0.05) is 25.0 Å². The lowest BCUT2D eigenvalue weighted by Gasteiger charge is -2.15. The molecular formula is C16H25N5. The Morgan fingerprint density at radius 3 is 2.48 bits per heavy atom. The molecule has 2 aromatic heterocycles. The van der Waals surface area contributed by atoms with Crippen LogP contribution in [0.2, 0.25) is 0 Å². The molecule has 5 heteroatoms.